The van der Waals surface area contributed by atoms with Gasteiger partial charge in [0.25, 0.3) is 5.91 Å². The molecule has 1 heterocycles. The van der Waals surface area contributed by atoms with Crippen molar-refractivity contribution in [1.82, 2.24) is 10.2 Å². The molecular formula is C24H27N3O4S. The SMILES string of the molecule is COc1cc(-c2nnc(N(CC(C)C)C(=O)C=Cc3ccccc3)s2)cc(OC)c1OC. The fraction of sp³-hybridized carbons (Fsp3) is 0.292. The molecule has 0 aliphatic rings. The molecular weight excluding hydrogens is 426 g/mol. The molecule has 0 fully saturated rings. The number of hydrogen-bond acceptors (Lipinski definition) is 7. The Balaban J connectivity index is 1.92. The van der Waals surface area contributed by atoms with Gasteiger partial charge in [0, 0.05) is 18.2 Å². The summed E-state index contributed by atoms with van der Waals surface area (Å²) in [7, 11) is 4.69. The highest BCUT2D eigenvalue weighted by molar-refractivity contribution is 7.18. The largest absolute Gasteiger partial charge is 0.493 e. The van der Waals surface area contributed by atoms with E-state index in [0.29, 0.717) is 33.9 Å². The molecule has 3 aromatic rings. The number of carbonyl (C=O) groups excluding carboxylic acids is 1. The van der Waals surface area contributed by atoms with Gasteiger partial charge in [-0.05, 0) is 29.7 Å². The molecule has 0 aliphatic heterocycles. The maximum Gasteiger partial charge on any atom is 0.252 e. The quantitative estimate of drug-likeness (QED) is 0.428. The Labute approximate surface area is 192 Å². The van der Waals surface area contributed by atoms with E-state index in [9.17, 15) is 4.79 Å². The second-order valence-corrected chi connectivity index (χ2v) is 8.35. The van der Waals surface area contributed by atoms with E-state index in [1.165, 1.54) is 11.3 Å². The van der Waals surface area contributed by atoms with Crippen LogP contribution < -0.4 is 19.1 Å². The van der Waals surface area contributed by atoms with Gasteiger partial charge in [0.05, 0.1) is 21.3 Å². The van der Waals surface area contributed by atoms with Crippen LogP contribution in [0.25, 0.3) is 16.6 Å². The molecule has 168 valence electrons. The van der Waals surface area contributed by atoms with E-state index in [0.717, 1.165) is 11.1 Å². The number of anilines is 1. The van der Waals surface area contributed by atoms with Crippen molar-refractivity contribution in [1.29, 1.82) is 0 Å². The fourth-order valence-corrected chi connectivity index (χ4v) is 3.94. The molecule has 7 nitrogen and oxygen atoms in total. The summed E-state index contributed by atoms with van der Waals surface area (Å²) in [5, 5.41) is 9.80. The number of aromatic nitrogens is 2. The molecule has 0 atom stereocenters. The highest BCUT2D eigenvalue weighted by Gasteiger charge is 2.21. The first-order valence-electron chi connectivity index (χ1n) is 10.1. The minimum Gasteiger partial charge on any atom is -0.493 e. The van der Waals surface area contributed by atoms with Crippen molar-refractivity contribution in [3.8, 4) is 27.8 Å². The predicted molar refractivity (Wildman–Crippen MR) is 128 cm³/mol. The molecule has 0 saturated heterocycles. The van der Waals surface area contributed by atoms with Crippen LogP contribution in [0.5, 0.6) is 17.2 Å². The summed E-state index contributed by atoms with van der Waals surface area (Å²) >= 11 is 1.33. The van der Waals surface area contributed by atoms with Gasteiger partial charge in [0.2, 0.25) is 10.9 Å². The number of ether oxygens (including phenoxy) is 3. The van der Waals surface area contributed by atoms with Gasteiger partial charge in [-0.25, -0.2) is 0 Å². The van der Waals surface area contributed by atoms with Crippen LogP contribution in [-0.4, -0.2) is 44.0 Å². The normalized spacial score (nSPS) is 11.1. The summed E-state index contributed by atoms with van der Waals surface area (Å²) < 4.78 is 16.3. The molecule has 1 amide bonds. The van der Waals surface area contributed by atoms with Crippen molar-refractivity contribution in [2.75, 3.05) is 32.8 Å². The number of hydrogen-bond donors (Lipinski definition) is 0. The van der Waals surface area contributed by atoms with E-state index in [-0.39, 0.29) is 11.8 Å². The summed E-state index contributed by atoms with van der Waals surface area (Å²) in [5.74, 6) is 1.68. The van der Waals surface area contributed by atoms with Gasteiger partial charge in [0.15, 0.2) is 11.5 Å². The van der Waals surface area contributed by atoms with Gasteiger partial charge in [-0.15, -0.1) is 10.2 Å². The molecule has 8 heteroatoms. The summed E-state index contributed by atoms with van der Waals surface area (Å²) in [6.07, 6.45) is 3.37. The molecule has 0 N–H and O–H groups in total. The molecule has 32 heavy (non-hydrogen) atoms. The van der Waals surface area contributed by atoms with Crippen LogP contribution in [0.15, 0.2) is 48.5 Å². The maximum atomic E-state index is 13.0. The van der Waals surface area contributed by atoms with Crippen molar-refractivity contribution >= 4 is 28.5 Å². The number of benzene rings is 2. The van der Waals surface area contributed by atoms with Gasteiger partial charge in [-0.2, -0.15) is 0 Å². The van der Waals surface area contributed by atoms with Crippen LogP contribution in [0.4, 0.5) is 5.13 Å². The number of rotatable bonds is 9. The lowest BCUT2D eigenvalue weighted by molar-refractivity contribution is -0.114. The molecule has 0 spiro atoms. The van der Waals surface area contributed by atoms with E-state index in [1.807, 2.05) is 42.5 Å². The summed E-state index contributed by atoms with van der Waals surface area (Å²) in [6, 6.07) is 13.3. The number of methoxy groups -OCH3 is 3. The molecule has 2 aromatic carbocycles. The minimum atomic E-state index is -0.143. The lowest BCUT2D eigenvalue weighted by Gasteiger charge is -2.19. The molecule has 0 unspecified atom stereocenters. The lowest BCUT2D eigenvalue weighted by atomic mass is 10.2. The fourth-order valence-electron chi connectivity index (χ4n) is 3.09. The van der Waals surface area contributed by atoms with Crippen molar-refractivity contribution in [2.24, 2.45) is 5.92 Å². The third kappa shape index (κ3) is 5.45. The second-order valence-electron chi connectivity index (χ2n) is 7.39. The van der Waals surface area contributed by atoms with E-state index < -0.39 is 0 Å². The van der Waals surface area contributed by atoms with E-state index in [4.69, 9.17) is 14.2 Å². The minimum absolute atomic E-state index is 0.143. The average molecular weight is 454 g/mol. The maximum absolute atomic E-state index is 13.0. The van der Waals surface area contributed by atoms with Gasteiger partial charge in [0.1, 0.15) is 5.01 Å². The van der Waals surface area contributed by atoms with Crippen LogP contribution in [0.3, 0.4) is 0 Å². The second kappa shape index (κ2) is 10.8. The van der Waals surface area contributed by atoms with Crippen LogP contribution >= 0.6 is 11.3 Å². The van der Waals surface area contributed by atoms with Crippen molar-refractivity contribution in [3.05, 3.63) is 54.1 Å². The molecule has 0 aliphatic carbocycles. The van der Waals surface area contributed by atoms with Crippen molar-refractivity contribution < 1.29 is 19.0 Å². The Morgan fingerprint density at radius 2 is 1.69 bits per heavy atom. The van der Waals surface area contributed by atoms with Crippen molar-refractivity contribution in [2.45, 2.75) is 13.8 Å². The van der Waals surface area contributed by atoms with Gasteiger partial charge >= 0.3 is 0 Å². The first kappa shape index (κ1) is 23.3. The summed E-state index contributed by atoms with van der Waals surface area (Å²) in [5.41, 5.74) is 1.72. The Kier molecular flexibility index (Phi) is 7.83. The monoisotopic (exact) mass is 453 g/mol. The first-order chi connectivity index (χ1) is 15.5. The standard InChI is InChI=1S/C24H27N3O4S/c1-16(2)15-27(21(28)12-11-17-9-7-6-8-10-17)24-26-25-23(32-24)18-13-19(29-3)22(31-5)20(14-18)30-4/h6-14,16H,15H2,1-5H3. The smallest absolute Gasteiger partial charge is 0.252 e. The van der Waals surface area contributed by atoms with Crippen LogP contribution in [0.1, 0.15) is 19.4 Å². The van der Waals surface area contributed by atoms with E-state index >= 15 is 0 Å². The van der Waals surface area contributed by atoms with Gasteiger partial charge in [-0.3, -0.25) is 9.69 Å². The Morgan fingerprint density at radius 1 is 1.03 bits per heavy atom. The highest BCUT2D eigenvalue weighted by atomic mass is 32.1. The van der Waals surface area contributed by atoms with Gasteiger partial charge < -0.3 is 14.2 Å². The number of carbonyl (C=O) groups is 1. The number of nitrogens with zero attached hydrogens (tertiary/aromatic N) is 3. The topological polar surface area (TPSA) is 73.8 Å². The van der Waals surface area contributed by atoms with Crippen molar-refractivity contribution in [3.63, 3.8) is 0 Å². The van der Waals surface area contributed by atoms with Crippen LogP contribution in [0, 0.1) is 5.92 Å². The molecule has 0 radical (unpaired) electrons. The summed E-state index contributed by atoms with van der Waals surface area (Å²) in [6.45, 7) is 4.65. The first-order valence-corrected chi connectivity index (χ1v) is 11.0. The zero-order valence-electron chi connectivity index (χ0n) is 18.9. The number of amides is 1. The average Bonchev–Trinajstić information content (AvgIpc) is 3.30. The predicted octanol–water partition coefficient (Wildman–Crippen LogP) is 4.93. The third-order valence-electron chi connectivity index (χ3n) is 4.59. The zero-order chi connectivity index (χ0) is 23.1. The van der Waals surface area contributed by atoms with Gasteiger partial charge in [-0.1, -0.05) is 55.5 Å². The Bertz CT molecular complexity index is 1050. The molecule has 1 aromatic heterocycles. The van der Waals surface area contributed by atoms with E-state index in [2.05, 4.69) is 24.0 Å². The Hall–Kier alpha value is -3.39. The summed E-state index contributed by atoms with van der Waals surface area (Å²) in [4.78, 5) is 14.7. The lowest BCUT2D eigenvalue weighted by Crippen LogP contribution is -2.32. The van der Waals surface area contributed by atoms with Crippen LogP contribution in [0.2, 0.25) is 0 Å². The van der Waals surface area contributed by atoms with Crippen LogP contribution in [-0.2, 0) is 4.79 Å². The highest BCUT2D eigenvalue weighted by Crippen LogP contribution is 2.42. The molecule has 0 saturated carbocycles. The molecule has 3 rings (SSSR count). The zero-order valence-corrected chi connectivity index (χ0v) is 19.7. The molecule has 0 bridgehead atoms. The Morgan fingerprint density at radius 3 is 2.25 bits per heavy atom. The third-order valence-corrected chi connectivity index (χ3v) is 5.58. The van der Waals surface area contributed by atoms with E-state index in [1.54, 1.807) is 38.4 Å².